The van der Waals surface area contributed by atoms with Gasteiger partial charge in [-0.15, -0.1) is 5.10 Å². The molecule has 1 aromatic heterocycles. The van der Waals surface area contributed by atoms with Crippen LogP contribution in [0.15, 0.2) is 0 Å². The van der Waals surface area contributed by atoms with Crippen LogP contribution in [0.3, 0.4) is 0 Å². The molecule has 0 atom stereocenters. The van der Waals surface area contributed by atoms with E-state index in [2.05, 4.69) is 27.3 Å². The van der Waals surface area contributed by atoms with Gasteiger partial charge in [-0.25, -0.2) is 9.48 Å². The molecule has 1 aromatic rings. The summed E-state index contributed by atoms with van der Waals surface area (Å²) in [7, 11) is 0. The summed E-state index contributed by atoms with van der Waals surface area (Å²) in [4.78, 5) is 16.5. The highest BCUT2D eigenvalue weighted by atomic mass is 16.6. The first-order valence-corrected chi connectivity index (χ1v) is 10.1. The molecule has 3 heterocycles. The number of hydrogen-bond acceptors (Lipinski definition) is 6. The van der Waals surface area contributed by atoms with Gasteiger partial charge in [0.15, 0.2) is 5.82 Å². The number of likely N-dealkylation sites (tertiary alicyclic amines) is 2. The van der Waals surface area contributed by atoms with Crippen LogP contribution in [0.2, 0.25) is 0 Å². The smallest absolute Gasteiger partial charge is 0.409 e. The topological polar surface area (TPSA) is 76.4 Å². The van der Waals surface area contributed by atoms with Crippen LogP contribution in [0.25, 0.3) is 0 Å². The fourth-order valence-corrected chi connectivity index (χ4v) is 5.09. The van der Waals surface area contributed by atoms with Gasteiger partial charge in [-0.2, -0.15) is 0 Å². The van der Waals surface area contributed by atoms with Crippen LogP contribution in [0, 0.1) is 5.41 Å². The summed E-state index contributed by atoms with van der Waals surface area (Å²) in [5, 5.41) is 12.2. The van der Waals surface area contributed by atoms with E-state index in [1.54, 1.807) is 0 Å². The summed E-state index contributed by atoms with van der Waals surface area (Å²) in [5.74, 6) is 1.54. The SMILES string of the molecule is CCOC(=O)N1CCC2(CC(N3CCC(c4nnnn4CC)CC3)C2)C1. The molecular weight excluding hydrogens is 332 g/mol. The van der Waals surface area contributed by atoms with Crippen LogP contribution in [0.4, 0.5) is 4.79 Å². The molecule has 1 spiro atoms. The third kappa shape index (κ3) is 3.19. The Hall–Kier alpha value is -1.70. The molecule has 1 saturated carbocycles. The Kier molecular flexibility index (Phi) is 4.86. The lowest BCUT2D eigenvalue weighted by molar-refractivity contribution is -0.00525. The van der Waals surface area contributed by atoms with Crippen molar-refractivity contribution in [3.63, 3.8) is 0 Å². The monoisotopic (exact) mass is 362 g/mol. The maximum absolute atomic E-state index is 11.9. The summed E-state index contributed by atoms with van der Waals surface area (Å²) < 4.78 is 7.09. The molecular formula is C18H30N6O2. The molecule has 1 amide bonds. The lowest BCUT2D eigenvalue weighted by Gasteiger charge is -2.51. The van der Waals surface area contributed by atoms with Crippen LogP contribution in [0.5, 0.6) is 0 Å². The summed E-state index contributed by atoms with van der Waals surface area (Å²) in [6.45, 7) is 9.24. The van der Waals surface area contributed by atoms with Crippen molar-refractivity contribution in [1.82, 2.24) is 30.0 Å². The first kappa shape index (κ1) is 17.7. The minimum absolute atomic E-state index is 0.137. The van der Waals surface area contributed by atoms with E-state index in [0.29, 0.717) is 24.0 Å². The summed E-state index contributed by atoms with van der Waals surface area (Å²) in [6, 6.07) is 0.681. The zero-order valence-corrected chi connectivity index (χ0v) is 15.9. The second-order valence-corrected chi connectivity index (χ2v) is 8.10. The number of amides is 1. The Morgan fingerprint density at radius 1 is 1.23 bits per heavy atom. The molecule has 8 nitrogen and oxygen atoms in total. The Morgan fingerprint density at radius 3 is 2.69 bits per heavy atom. The molecule has 2 aliphatic heterocycles. The van der Waals surface area contributed by atoms with E-state index in [9.17, 15) is 4.79 Å². The lowest BCUT2D eigenvalue weighted by Crippen LogP contribution is -2.54. The van der Waals surface area contributed by atoms with Crippen molar-refractivity contribution in [3.05, 3.63) is 5.82 Å². The third-order valence-corrected chi connectivity index (χ3v) is 6.57. The van der Waals surface area contributed by atoms with E-state index in [4.69, 9.17) is 4.74 Å². The molecule has 144 valence electrons. The predicted molar refractivity (Wildman–Crippen MR) is 95.7 cm³/mol. The molecule has 0 N–H and O–H groups in total. The maximum atomic E-state index is 11.9. The predicted octanol–water partition coefficient (Wildman–Crippen LogP) is 1.88. The van der Waals surface area contributed by atoms with Crippen LogP contribution in [0.1, 0.15) is 57.7 Å². The standard InChI is InChI=1S/C18H30N6O2/c1-3-24-16(19-20-21-24)14-5-8-22(9-6-14)15-11-18(12-15)7-10-23(13-18)17(25)26-4-2/h14-15H,3-13H2,1-2H3. The number of tetrazole rings is 1. The second kappa shape index (κ2) is 7.13. The number of carbonyl (C=O) groups excluding carboxylic acids is 1. The molecule has 3 fully saturated rings. The van der Waals surface area contributed by atoms with Crippen molar-refractivity contribution in [2.75, 3.05) is 32.8 Å². The number of aryl methyl sites for hydroxylation is 1. The van der Waals surface area contributed by atoms with Gasteiger partial charge in [0.1, 0.15) is 0 Å². The fraction of sp³-hybridized carbons (Fsp3) is 0.889. The maximum Gasteiger partial charge on any atom is 0.409 e. The van der Waals surface area contributed by atoms with Gasteiger partial charge in [-0.1, -0.05) is 0 Å². The molecule has 0 bridgehead atoms. The normalized spacial score (nSPS) is 29.9. The number of carbonyl (C=O) groups is 1. The van der Waals surface area contributed by atoms with Gasteiger partial charge in [0.25, 0.3) is 0 Å². The molecule has 0 unspecified atom stereocenters. The Balaban J connectivity index is 1.25. The van der Waals surface area contributed by atoms with Crippen molar-refractivity contribution in [3.8, 4) is 0 Å². The van der Waals surface area contributed by atoms with Crippen LogP contribution >= 0.6 is 0 Å². The van der Waals surface area contributed by atoms with Crippen molar-refractivity contribution < 1.29 is 9.53 Å². The largest absolute Gasteiger partial charge is 0.450 e. The van der Waals surface area contributed by atoms with E-state index in [0.717, 1.165) is 57.8 Å². The Labute approximate surface area is 154 Å². The number of piperidine rings is 1. The summed E-state index contributed by atoms with van der Waals surface area (Å²) in [6.07, 6.45) is 5.71. The average Bonchev–Trinajstić information content (AvgIpc) is 3.28. The minimum Gasteiger partial charge on any atom is -0.450 e. The van der Waals surface area contributed by atoms with E-state index < -0.39 is 0 Å². The molecule has 0 radical (unpaired) electrons. The van der Waals surface area contributed by atoms with Gasteiger partial charge < -0.3 is 14.5 Å². The van der Waals surface area contributed by atoms with E-state index in [1.165, 1.54) is 12.8 Å². The zero-order chi connectivity index (χ0) is 18.1. The highest BCUT2D eigenvalue weighted by Gasteiger charge is 2.51. The van der Waals surface area contributed by atoms with Gasteiger partial charge in [-0.3, -0.25) is 0 Å². The number of aromatic nitrogens is 4. The van der Waals surface area contributed by atoms with E-state index >= 15 is 0 Å². The van der Waals surface area contributed by atoms with Crippen molar-refractivity contribution in [2.45, 2.75) is 64.5 Å². The Morgan fingerprint density at radius 2 is 2.00 bits per heavy atom. The van der Waals surface area contributed by atoms with Crippen molar-refractivity contribution in [1.29, 1.82) is 0 Å². The molecule has 1 aliphatic carbocycles. The van der Waals surface area contributed by atoms with Crippen molar-refractivity contribution >= 4 is 6.09 Å². The fourth-order valence-electron chi connectivity index (χ4n) is 5.09. The first-order valence-electron chi connectivity index (χ1n) is 10.1. The lowest BCUT2D eigenvalue weighted by atomic mass is 9.64. The average molecular weight is 362 g/mol. The van der Waals surface area contributed by atoms with Gasteiger partial charge in [-0.05, 0) is 74.9 Å². The van der Waals surface area contributed by atoms with Crippen molar-refractivity contribution in [2.24, 2.45) is 5.41 Å². The van der Waals surface area contributed by atoms with E-state index in [1.807, 2.05) is 16.5 Å². The van der Waals surface area contributed by atoms with Gasteiger partial charge in [0, 0.05) is 31.6 Å². The highest BCUT2D eigenvalue weighted by molar-refractivity contribution is 5.68. The van der Waals surface area contributed by atoms with Gasteiger partial charge in [0.05, 0.1) is 6.61 Å². The second-order valence-electron chi connectivity index (χ2n) is 8.10. The molecule has 0 aromatic carbocycles. The number of rotatable bonds is 4. The molecule has 4 rings (SSSR count). The molecule has 3 aliphatic rings. The van der Waals surface area contributed by atoms with Gasteiger partial charge >= 0.3 is 6.09 Å². The molecule has 2 saturated heterocycles. The van der Waals surface area contributed by atoms with Crippen LogP contribution in [-0.4, -0.2) is 74.9 Å². The van der Waals surface area contributed by atoms with Gasteiger partial charge in [0.2, 0.25) is 0 Å². The summed E-state index contributed by atoms with van der Waals surface area (Å²) >= 11 is 0. The molecule has 8 heteroatoms. The highest BCUT2D eigenvalue weighted by Crippen LogP contribution is 2.50. The first-order chi connectivity index (χ1) is 12.6. The number of nitrogens with zero attached hydrogens (tertiary/aromatic N) is 6. The zero-order valence-electron chi connectivity index (χ0n) is 15.9. The van der Waals surface area contributed by atoms with E-state index in [-0.39, 0.29) is 6.09 Å². The third-order valence-electron chi connectivity index (χ3n) is 6.57. The van der Waals surface area contributed by atoms with Crippen LogP contribution < -0.4 is 0 Å². The minimum atomic E-state index is -0.137. The van der Waals surface area contributed by atoms with Crippen LogP contribution in [-0.2, 0) is 11.3 Å². The molecule has 26 heavy (non-hydrogen) atoms. The quantitative estimate of drug-likeness (QED) is 0.814. The summed E-state index contributed by atoms with van der Waals surface area (Å²) in [5.41, 5.74) is 0.348. The Bertz CT molecular complexity index is 633. The number of hydrogen-bond donors (Lipinski definition) is 0. The number of ether oxygens (including phenoxy) is 1.